The number of rotatable bonds is 3. The van der Waals surface area contributed by atoms with E-state index in [9.17, 15) is 9.59 Å². The normalized spacial score (nSPS) is 17.1. The third kappa shape index (κ3) is 2.25. The Kier molecular flexibility index (Phi) is 3.36. The van der Waals surface area contributed by atoms with E-state index in [1.807, 2.05) is 24.4 Å². The fourth-order valence-electron chi connectivity index (χ4n) is 2.38. The first-order chi connectivity index (χ1) is 9.69. The molecule has 1 aliphatic rings. The molecule has 1 fully saturated rings. The molecule has 0 spiro atoms. The Labute approximate surface area is 120 Å². The Morgan fingerprint density at radius 2 is 2.10 bits per heavy atom. The number of carbonyl (C=O) groups is 2. The van der Waals surface area contributed by atoms with Gasteiger partial charge in [-0.1, -0.05) is 25.1 Å². The number of para-hydroxylation sites is 1. The second kappa shape index (κ2) is 5.17. The van der Waals surface area contributed by atoms with Crippen LogP contribution in [0.3, 0.4) is 0 Å². The molecule has 1 aromatic carbocycles. The Morgan fingerprint density at radius 1 is 1.30 bits per heavy atom. The molecule has 1 aromatic heterocycles. The van der Waals surface area contributed by atoms with E-state index < -0.39 is 0 Å². The van der Waals surface area contributed by atoms with E-state index in [1.165, 1.54) is 0 Å². The van der Waals surface area contributed by atoms with Crippen molar-refractivity contribution in [3.05, 3.63) is 40.9 Å². The van der Waals surface area contributed by atoms with Crippen molar-refractivity contribution in [2.75, 3.05) is 0 Å². The maximum absolute atomic E-state index is 11.6. The SMILES string of the molecule is CCCn1cc(/C=C2\SC(=O)NC2=O)c2ccccc21. The molecule has 0 aliphatic carbocycles. The lowest BCUT2D eigenvalue weighted by Gasteiger charge is -2.01. The number of hydrogen-bond donors (Lipinski definition) is 1. The maximum atomic E-state index is 11.6. The highest BCUT2D eigenvalue weighted by atomic mass is 32.2. The molecule has 1 aliphatic heterocycles. The van der Waals surface area contributed by atoms with E-state index in [-0.39, 0.29) is 11.1 Å². The number of thioether (sulfide) groups is 1. The van der Waals surface area contributed by atoms with E-state index in [0.29, 0.717) is 4.91 Å². The number of carbonyl (C=O) groups excluding carboxylic acids is 2. The van der Waals surface area contributed by atoms with Crippen LogP contribution in [0.5, 0.6) is 0 Å². The van der Waals surface area contributed by atoms with Gasteiger partial charge >= 0.3 is 0 Å². The van der Waals surface area contributed by atoms with Crippen LogP contribution < -0.4 is 5.32 Å². The van der Waals surface area contributed by atoms with E-state index in [0.717, 1.165) is 41.2 Å². The molecule has 102 valence electrons. The van der Waals surface area contributed by atoms with Gasteiger partial charge in [0, 0.05) is 29.2 Å². The molecule has 0 unspecified atom stereocenters. The van der Waals surface area contributed by atoms with Crippen LogP contribution in [0, 0.1) is 0 Å². The van der Waals surface area contributed by atoms with Crippen LogP contribution >= 0.6 is 11.8 Å². The van der Waals surface area contributed by atoms with Gasteiger partial charge in [0.15, 0.2) is 0 Å². The molecular weight excluding hydrogens is 272 g/mol. The van der Waals surface area contributed by atoms with Gasteiger partial charge in [-0.2, -0.15) is 0 Å². The fourth-order valence-corrected chi connectivity index (χ4v) is 3.05. The van der Waals surface area contributed by atoms with Gasteiger partial charge in [0.1, 0.15) is 0 Å². The molecule has 0 saturated carbocycles. The molecule has 2 aromatic rings. The number of benzene rings is 1. The average molecular weight is 286 g/mol. The zero-order valence-corrected chi connectivity index (χ0v) is 11.9. The van der Waals surface area contributed by atoms with Crippen molar-refractivity contribution in [3.8, 4) is 0 Å². The van der Waals surface area contributed by atoms with Crippen molar-refractivity contribution >= 4 is 39.9 Å². The molecule has 5 heteroatoms. The first-order valence-corrected chi connectivity index (χ1v) is 7.33. The second-order valence-electron chi connectivity index (χ2n) is 4.65. The summed E-state index contributed by atoms with van der Waals surface area (Å²) in [5.41, 5.74) is 2.12. The van der Waals surface area contributed by atoms with Gasteiger partial charge in [-0.05, 0) is 30.3 Å². The van der Waals surface area contributed by atoms with Crippen LogP contribution in [0.2, 0.25) is 0 Å². The lowest BCUT2D eigenvalue weighted by Crippen LogP contribution is -2.17. The Morgan fingerprint density at radius 3 is 2.80 bits per heavy atom. The molecular formula is C15H14N2O2S. The fraction of sp³-hybridized carbons (Fsp3) is 0.200. The van der Waals surface area contributed by atoms with Crippen molar-refractivity contribution in [2.45, 2.75) is 19.9 Å². The van der Waals surface area contributed by atoms with Crippen LogP contribution in [0.25, 0.3) is 17.0 Å². The lowest BCUT2D eigenvalue weighted by molar-refractivity contribution is -0.115. The van der Waals surface area contributed by atoms with Gasteiger partial charge in [-0.15, -0.1) is 0 Å². The topological polar surface area (TPSA) is 51.1 Å². The van der Waals surface area contributed by atoms with Crippen LogP contribution in [0.15, 0.2) is 35.4 Å². The summed E-state index contributed by atoms with van der Waals surface area (Å²) in [5, 5.41) is 3.07. The molecule has 0 bridgehead atoms. The number of fused-ring (bicyclic) bond motifs is 1. The Bertz CT molecular complexity index is 731. The quantitative estimate of drug-likeness (QED) is 0.880. The van der Waals surface area contributed by atoms with E-state index in [1.54, 1.807) is 6.08 Å². The van der Waals surface area contributed by atoms with E-state index in [4.69, 9.17) is 0 Å². The zero-order chi connectivity index (χ0) is 14.1. The van der Waals surface area contributed by atoms with Gasteiger partial charge in [0.2, 0.25) is 0 Å². The zero-order valence-electron chi connectivity index (χ0n) is 11.1. The minimum absolute atomic E-state index is 0.307. The largest absolute Gasteiger partial charge is 0.347 e. The van der Waals surface area contributed by atoms with Crippen molar-refractivity contribution in [3.63, 3.8) is 0 Å². The highest BCUT2D eigenvalue weighted by Gasteiger charge is 2.25. The van der Waals surface area contributed by atoms with Gasteiger partial charge in [0.05, 0.1) is 4.91 Å². The van der Waals surface area contributed by atoms with Gasteiger partial charge in [-0.3, -0.25) is 14.9 Å². The average Bonchev–Trinajstić information content (AvgIpc) is 2.93. The summed E-state index contributed by atoms with van der Waals surface area (Å²) in [4.78, 5) is 23.3. The highest BCUT2D eigenvalue weighted by molar-refractivity contribution is 8.18. The standard InChI is InChI=1S/C15H14N2O2S/c1-2-7-17-9-10(11-5-3-4-6-12(11)17)8-13-14(18)16-15(19)20-13/h3-6,8-9H,2,7H2,1H3,(H,16,18,19)/b13-8-. The second-order valence-corrected chi connectivity index (χ2v) is 5.66. The molecule has 1 N–H and O–H groups in total. The number of nitrogens with one attached hydrogen (secondary N) is 1. The molecule has 0 atom stereocenters. The molecule has 2 amide bonds. The summed E-state index contributed by atoms with van der Waals surface area (Å²) in [7, 11) is 0. The molecule has 1 saturated heterocycles. The minimum Gasteiger partial charge on any atom is -0.347 e. The van der Waals surface area contributed by atoms with Gasteiger partial charge in [-0.25, -0.2) is 0 Å². The third-order valence-corrected chi connectivity index (χ3v) is 4.02. The maximum Gasteiger partial charge on any atom is 0.290 e. The number of amides is 2. The monoisotopic (exact) mass is 286 g/mol. The predicted octanol–water partition coefficient (Wildman–Crippen LogP) is 3.38. The summed E-state index contributed by atoms with van der Waals surface area (Å²) >= 11 is 0.952. The van der Waals surface area contributed by atoms with Crippen LogP contribution in [0.1, 0.15) is 18.9 Å². The predicted molar refractivity (Wildman–Crippen MR) is 81.3 cm³/mol. The summed E-state index contributed by atoms with van der Waals surface area (Å²) in [6.45, 7) is 3.06. The van der Waals surface area contributed by atoms with Crippen molar-refractivity contribution in [2.24, 2.45) is 0 Å². The number of aromatic nitrogens is 1. The minimum atomic E-state index is -0.313. The smallest absolute Gasteiger partial charge is 0.290 e. The number of aryl methyl sites for hydroxylation is 1. The van der Waals surface area contributed by atoms with Crippen molar-refractivity contribution < 1.29 is 9.59 Å². The van der Waals surface area contributed by atoms with Crippen LogP contribution in [0.4, 0.5) is 4.79 Å². The molecule has 3 rings (SSSR count). The highest BCUT2D eigenvalue weighted by Crippen LogP contribution is 2.29. The van der Waals surface area contributed by atoms with Crippen molar-refractivity contribution in [1.82, 2.24) is 9.88 Å². The van der Waals surface area contributed by atoms with Gasteiger partial charge in [0.25, 0.3) is 11.1 Å². The van der Waals surface area contributed by atoms with E-state index >= 15 is 0 Å². The van der Waals surface area contributed by atoms with Crippen LogP contribution in [-0.4, -0.2) is 15.7 Å². The first-order valence-electron chi connectivity index (χ1n) is 6.52. The summed E-state index contributed by atoms with van der Waals surface area (Å²) in [6.07, 6.45) is 4.87. The number of nitrogens with zero attached hydrogens (tertiary/aromatic N) is 1. The Balaban J connectivity index is 2.10. The molecule has 4 nitrogen and oxygen atoms in total. The molecule has 2 heterocycles. The number of imide groups is 1. The van der Waals surface area contributed by atoms with E-state index in [2.05, 4.69) is 22.9 Å². The first kappa shape index (κ1) is 13.0. The Hall–Kier alpha value is -2.01. The summed E-state index contributed by atoms with van der Waals surface area (Å²) < 4.78 is 2.18. The third-order valence-electron chi connectivity index (χ3n) is 3.21. The van der Waals surface area contributed by atoms with Crippen molar-refractivity contribution in [1.29, 1.82) is 0 Å². The molecule has 20 heavy (non-hydrogen) atoms. The summed E-state index contributed by atoms with van der Waals surface area (Å²) in [5.74, 6) is -0.313. The lowest BCUT2D eigenvalue weighted by atomic mass is 10.1. The summed E-state index contributed by atoms with van der Waals surface area (Å²) in [6, 6.07) is 8.09. The molecule has 0 radical (unpaired) electrons. The van der Waals surface area contributed by atoms with Crippen LogP contribution in [-0.2, 0) is 11.3 Å². The van der Waals surface area contributed by atoms with Gasteiger partial charge < -0.3 is 4.57 Å². The number of hydrogen-bond acceptors (Lipinski definition) is 3.